The first kappa shape index (κ1) is 14.7. The molecule has 23 heavy (non-hydrogen) atoms. The fourth-order valence-corrected chi connectivity index (χ4v) is 9.46. The van der Waals surface area contributed by atoms with Gasteiger partial charge in [0, 0.05) is 5.92 Å². The standard InChI is InChI=1S/C22H24Si/c1-15-13-17-9-5-7-11-19(17)21(15)23(3,4)22-16(2)14-18-10-6-8-12-20(18)22/h5-15,20H,1-4H3. The van der Waals surface area contributed by atoms with Crippen LogP contribution in [0.15, 0.2) is 71.0 Å². The highest BCUT2D eigenvalue weighted by Gasteiger charge is 2.41. The monoisotopic (exact) mass is 316 g/mol. The maximum atomic E-state index is 2.55. The van der Waals surface area contributed by atoms with Gasteiger partial charge >= 0.3 is 0 Å². The molecule has 1 heteroatoms. The van der Waals surface area contributed by atoms with Gasteiger partial charge in [-0.25, -0.2) is 0 Å². The first-order chi connectivity index (χ1) is 11.0. The van der Waals surface area contributed by atoms with E-state index in [1.807, 2.05) is 0 Å². The zero-order valence-electron chi connectivity index (χ0n) is 14.4. The summed E-state index contributed by atoms with van der Waals surface area (Å²) in [6.45, 7) is 9.79. The van der Waals surface area contributed by atoms with Crippen molar-refractivity contribution in [2.45, 2.75) is 26.9 Å². The second kappa shape index (κ2) is 5.07. The van der Waals surface area contributed by atoms with Crippen molar-refractivity contribution in [1.29, 1.82) is 0 Å². The van der Waals surface area contributed by atoms with Crippen molar-refractivity contribution in [1.82, 2.24) is 0 Å². The van der Waals surface area contributed by atoms with Crippen molar-refractivity contribution in [3.05, 3.63) is 81.4 Å². The van der Waals surface area contributed by atoms with Gasteiger partial charge in [-0.2, -0.15) is 0 Å². The summed E-state index contributed by atoms with van der Waals surface area (Å²) in [5.74, 6) is 1.07. The molecule has 2 unspecified atom stereocenters. The third-order valence-electron chi connectivity index (χ3n) is 5.66. The highest BCUT2D eigenvalue weighted by molar-refractivity contribution is 6.99. The summed E-state index contributed by atoms with van der Waals surface area (Å²) in [4.78, 5) is 0. The molecule has 0 nitrogen and oxygen atoms in total. The molecule has 2 atom stereocenters. The molecule has 3 aliphatic carbocycles. The van der Waals surface area contributed by atoms with Gasteiger partial charge in [0.1, 0.15) is 8.07 Å². The molecule has 0 saturated carbocycles. The van der Waals surface area contributed by atoms with Crippen LogP contribution in [0.25, 0.3) is 11.3 Å². The Balaban J connectivity index is 1.91. The average molecular weight is 317 g/mol. The van der Waals surface area contributed by atoms with Crippen LogP contribution >= 0.6 is 0 Å². The normalized spacial score (nSPS) is 25.4. The van der Waals surface area contributed by atoms with Crippen LogP contribution in [0.2, 0.25) is 13.1 Å². The SMILES string of the molecule is CC1=C([Si](C)(C)C2=c3ccccc3=CC2C)C2C=CC=CC2=C1. The Morgan fingerprint density at radius 2 is 1.78 bits per heavy atom. The molecule has 3 aliphatic rings. The Bertz CT molecular complexity index is 919. The Labute approximate surface area is 139 Å². The lowest BCUT2D eigenvalue weighted by molar-refractivity contribution is 0.973. The summed E-state index contributed by atoms with van der Waals surface area (Å²) in [6.07, 6.45) is 13.9. The Hall–Kier alpha value is -1.86. The summed E-state index contributed by atoms with van der Waals surface area (Å²) in [5.41, 5.74) is 2.98. The molecular weight excluding hydrogens is 292 g/mol. The summed E-state index contributed by atoms with van der Waals surface area (Å²) < 4.78 is 0. The smallest absolute Gasteiger partial charge is 0.0733 e. The Kier molecular flexibility index (Phi) is 3.24. The van der Waals surface area contributed by atoms with Crippen molar-refractivity contribution in [3.8, 4) is 0 Å². The molecular formula is C22H24Si. The van der Waals surface area contributed by atoms with Crippen LogP contribution in [-0.4, -0.2) is 8.07 Å². The van der Waals surface area contributed by atoms with Crippen LogP contribution in [0.5, 0.6) is 0 Å². The minimum absolute atomic E-state index is 0.508. The highest BCUT2D eigenvalue weighted by Crippen LogP contribution is 2.44. The van der Waals surface area contributed by atoms with E-state index >= 15 is 0 Å². The van der Waals surface area contributed by atoms with Crippen molar-refractivity contribution < 1.29 is 0 Å². The summed E-state index contributed by atoms with van der Waals surface area (Å²) in [5, 5.41) is 6.35. The van der Waals surface area contributed by atoms with Crippen molar-refractivity contribution in [2.75, 3.05) is 0 Å². The van der Waals surface area contributed by atoms with Crippen molar-refractivity contribution >= 4 is 19.3 Å². The second-order valence-corrected chi connectivity index (χ2v) is 11.9. The van der Waals surface area contributed by atoms with Crippen LogP contribution in [0.4, 0.5) is 0 Å². The van der Waals surface area contributed by atoms with Gasteiger partial charge in [0.05, 0.1) is 0 Å². The molecule has 0 heterocycles. The van der Waals surface area contributed by atoms with E-state index < -0.39 is 8.07 Å². The molecule has 0 N–H and O–H groups in total. The topological polar surface area (TPSA) is 0 Å². The number of allylic oxidation sites excluding steroid dienone is 8. The predicted molar refractivity (Wildman–Crippen MR) is 103 cm³/mol. The summed E-state index contributed by atoms with van der Waals surface area (Å²) >= 11 is 0. The van der Waals surface area contributed by atoms with E-state index in [4.69, 9.17) is 0 Å². The lowest BCUT2D eigenvalue weighted by Crippen LogP contribution is -2.41. The van der Waals surface area contributed by atoms with Gasteiger partial charge < -0.3 is 0 Å². The van der Waals surface area contributed by atoms with Gasteiger partial charge in [0.15, 0.2) is 0 Å². The van der Waals surface area contributed by atoms with Gasteiger partial charge in [0.25, 0.3) is 0 Å². The van der Waals surface area contributed by atoms with Crippen LogP contribution in [-0.2, 0) is 0 Å². The van der Waals surface area contributed by atoms with E-state index in [0.717, 1.165) is 0 Å². The fraction of sp³-hybridized carbons (Fsp3) is 0.273. The van der Waals surface area contributed by atoms with E-state index in [9.17, 15) is 0 Å². The molecule has 116 valence electrons. The minimum atomic E-state index is -1.70. The summed E-state index contributed by atoms with van der Waals surface area (Å²) in [7, 11) is -1.70. The number of benzene rings is 1. The fourth-order valence-electron chi connectivity index (χ4n) is 4.95. The van der Waals surface area contributed by atoms with Gasteiger partial charge in [-0.1, -0.05) is 96.7 Å². The molecule has 0 aliphatic heterocycles. The number of hydrogen-bond donors (Lipinski definition) is 0. The molecule has 0 amide bonds. The van der Waals surface area contributed by atoms with Crippen LogP contribution in [0, 0.1) is 11.8 Å². The molecule has 0 fully saturated rings. The van der Waals surface area contributed by atoms with E-state index in [2.05, 4.69) is 87.7 Å². The van der Waals surface area contributed by atoms with E-state index in [0.29, 0.717) is 11.8 Å². The van der Waals surface area contributed by atoms with E-state index in [1.54, 1.807) is 10.4 Å². The Morgan fingerprint density at radius 1 is 1.00 bits per heavy atom. The largest absolute Gasteiger partial charge is 0.106 e. The van der Waals surface area contributed by atoms with E-state index in [-0.39, 0.29) is 0 Å². The molecule has 1 aromatic carbocycles. The Morgan fingerprint density at radius 3 is 2.61 bits per heavy atom. The molecule has 0 saturated heterocycles. The zero-order valence-corrected chi connectivity index (χ0v) is 15.4. The number of fused-ring (bicyclic) bond motifs is 2. The third kappa shape index (κ3) is 2.10. The summed E-state index contributed by atoms with van der Waals surface area (Å²) in [6, 6.07) is 8.95. The third-order valence-corrected chi connectivity index (χ3v) is 9.79. The number of hydrogen-bond acceptors (Lipinski definition) is 0. The molecule has 0 bridgehead atoms. The van der Waals surface area contributed by atoms with Crippen LogP contribution < -0.4 is 10.4 Å². The predicted octanol–water partition coefficient (Wildman–Crippen LogP) is 4.05. The lowest BCUT2D eigenvalue weighted by atomic mass is 9.98. The van der Waals surface area contributed by atoms with Gasteiger partial charge in [0.2, 0.25) is 0 Å². The average Bonchev–Trinajstić information content (AvgIpc) is 3.02. The van der Waals surface area contributed by atoms with Crippen molar-refractivity contribution in [2.24, 2.45) is 11.8 Å². The van der Waals surface area contributed by atoms with Crippen LogP contribution in [0.3, 0.4) is 0 Å². The molecule has 1 aromatic rings. The first-order valence-corrected chi connectivity index (χ1v) is 11.6. The van der Waals surface area contributed by atoms with Gasteiger partial charge in [-0.05, 0) is 28.9 Å². The highest BCUT2D eigenvalue weighted by atomic mass is 28.3. The minimum Gasteiger partial charge on any atom is -0.0733 e. The second-order valence-electron chi connectivity index (χ2n) is 7.54. The zero-order chi connectivity index (χ0) is 16.2. The lowest BCUT2D eigenvalue weighted by Gasteiger charge is -2.34. The van der Waals surface area contributed by atoms with Crippen molar-refractivity contribution in [3.63, 3.8) is 0 Å². The van der Waals surface area contributed by atoms with E-state index in [1.165, 1.54) is 21.6 Å². The maximum Gasteiger partial charge on any atom is 0.106 e. The van der Waals surface area contributed by atoms with Gasteiger partial charge in [-0.15, -0.1) is 0 Å². The number of rotatable bonds is 2. The first-order valence-electron chi connectivity index (χ1n) is 8.59. The molecule has 0 radical (unpaired) electrons. The van der Waals surface area contributed by atoms with Crippen LogP contribution in [0.1, 0.15) is 13.8 Å². The molecule has 0 aromatic heterocycles. The quantitative estimate of drug-likeness (QED) is 0.722. The molecule has 4 rings (SSSR count). The maximum absolute atomic E-state index is 2.55. The van der Waals surface area contributed by atoms with Gasteiger partial charge in [-0.3, -0.25) is 0 Å². The molecule has 0 spiro atoms.